The molecule has 61 heavy (non-hydrogen) atoms. The van der Waals surface area contributed by atoms with E-state index in [-0.39, 0.29) is 87.7 Å². The third-order valence-electron chi connectivity index (χ3n) is 9.98. The Morgan fingerprint density at radius 2 is 1.34 bits per heavy atom. The van der Waals surface area contributed by atoms with Gasteiger partial charge in [-0.1, -0.05) is 0 Å². The van der Waals surface area contributed by atoms with Crippen LogP contribution in [0.25, 0.3) is 22.1 Å². The average Bonchev–Trinajstić information content (AvgIpc) is 3.95. The largest absolute Gasteiger partial charge is 0.491 e. The summed E-state index contributed by atoms with van der Waals surface area (Å²) in [6.07, 6.45) is -6.68. The van der Waals surface area contributed by atoms with Crippen molar-refractivity contribution in [1.82, 2.24) is 37.8 Å². The molecule has 0 saturated carbocycles. The summed E-state index contributed by atoms with van der Waals surface area (Å²) in [6.45, 7) is 5.54. The number of alkyl halides is 4. The van der Waals surface area contributed by atoms with Crippen LogP contribution in [-0.2, 0) is 39.8 Å². The molecule has 6 rings (SSSR count). The molecule has 2 unspecified atom stereocenters. The van der Waals surface area contributed by atoms with E-state index in [2.05, 4.69) is 20.2 Å². The van der Waals surface area contributed by atoms with Crippen LogP contribution in [-0.4, -0.2) is 92.1 Å². The molecule has 5 N–H and O–H groups in total. The molecular formula is C39H44F4N12O6. The molecule has 0 saturated heterocycles. The smallest absolute Gasteiger partial charge is 0.366 e. The van der Waals surface area contributed by atoms with Gasteiger partial charge in [0.1, 0.15) is 22.7 Å². The number of fused-ring (bicyclic) bond motifs is 2. The Bertz CT molecular complexity index is 2860. The normalized spacial score (nSPS) is 13.7. The predicted octanol–water partition coefficient (Wildman–Crippen LogP) is 2.69. The van der Waals surface area contributed by atoms with Gasteiger partial charge in [-0.2, -0.15) is 29.0 Å². The van der Waals surface area contributed by atoms with Crippen molar-refractivity contribution in [3.8, 4) is 5.75 Å². The fourth-order valence-electron chi connectivity index (χ4n) is 7.06. The average molecular weight is 853 g/mol. The molecule has 2 aromatic carbocycles. The lowest BCUT2D eigenvalue weighted by molar-refractivity contribution is -0.165. The lowest BCUT2D eigenvalue weighted by Gasteiger charge is -2.25. The maximum Gasteiger partial charge on any atom is 0.366 e. The Morgan fingerprint density at radius 1 is 0.803 bits per heavy atom. The number of halogens is 4. The molecule has 4 heterocycles. The minimum absolute atomic E-state index is 0.0376. The van der Waals surface area contributed by atoms with E-state index in [1.54, 1.807) is 27.7 Å². The van der Waals surface area contributed by atoms with E-state index in [4.69, 9.17) is 16.2 Å². The number of aliphatic hydroxyl groups is 1. The van der Waals surface area contributed by atoms with Crippen molar-refractivity contribution in [1.29, 1.82) is 0 Å². The molecule has 4 amide bonds. The van der Waals surface area contributed by atoms with Crippen LogP contribution >= 0.6 is 0 Å². The number of amides is 4. The molecule has 0 spiro atoms. The standard InChI is InChI=1S/C39H44F4N12O6/c1-7-53-28(14-20(3)48-53)35(59)46-37-51(6)27-17-23(34(45)58)18-30(61-13-9-12-56)31(27)52(37)19-24(40)32(41)39(42,43)55-25-11-10-22(33(44)57)16-26(25)50(5)38(55)47-36(60)29-15-21(4)49-54(29)8-2/h10-11,14-18,24,32,56H,7-9,12-13,19H2,1-6H3,(H2,44,57)(H2,45,58)/b46-37+,47-38+. The molecule has 2 atom stereocenters. The zero-order valence-corrected chi connectivity index (χ0v) is 34.1. The number of carbonyl (C=O) groups is 4. The molecule has 0 aliphatic heterocycles. The Kier molecular flexibility index (Phi) is 12.2. The number of rotatable bonds is 15. The van der Waals surface area contributed by atoms with Crippen LogP contribution < -0.4 is 27.4 Å². The second-order valence-electron chi connectivity index (χ2n) is 14.2. The number of benzene rings is 2. The maximum absolute atomic E-state index is 17.0. The number of aryl methyl sites for hydroxylation is 6. The van der Waals surface area contributed by atoms with Crippen molar-refractivity contribution < 1.29 is 46.6 Å². The SMILES string of the molecule is CCn1nc(C)cc1C(=O)/N=c1\n(C)c2cc(C(N)=O)cc(OCCCO)c2n1CC(F)C(F)C(F)(F)n1/c(=N/C(=O)c2cc(C)nn2CC)n(C)c2cc(C(N)=O)ccc21. The molecule has 22 heteroatoms. The van der Waals surface area contributed by atoms with Crippen molar-refractivity contribution in [3.05, 3.63) is 87.6 Å². The Labute approximate surface area is 343 Å². The van der Waals surface area contributed by atoms with Crippen LogP contribution in [0.1, 0.15) is 73.3 Å². The Balaban J connectivity index is 1.55. The number of aliphatic hydroxyl groups excluding tert-OH is 1. The first-order chi connectivity index (χ1) is 28.8. The topological polar surface area (TPSA) is 230 Å². The third kappa shape index (κ3) is 8.09. The third-order valence-corrected chi connectivity index (χ3v) is 9.98. The van der Waals surface area contributed by atoms with Crippen LogP contribution in [0.3, 0.4) is 0 Å². The van der Waals surface area contributed by atoms with Crippen molar-refractivity contribution in [2.75, 3.05) is 13.2 Å². The number of aromatic nitrogens is 8. The van der Waals surface area contributed by atoms with Gasteiger partial charge in [0.05, 0.1) is 41.1 Å². The van der Waals surface area contributed by atoms with Crippen molar-refractivity contribution >= 4 is 45.7 Å². The summed E-state index contributed by atoms with van der Waals surface area (Å²) in [5.74, 6) is -3.83. The zero-order chi connectivity index (χ0) is 44.7. The molecule has 324 valence electrons. The van der Waals surface area contributed by atoms with Gasteiger partial charge in [0, 0.05) is 51.3 Å². The Morgan fingerprint density at radius 3 is 1.89 bits per heavy atom. The second-order valence-corrected chi connectivity index (χ2v) is 14.2. The Hall–Kier alpha value is -6.84. The summed E-state index contributed by atoms with van der Waals surface area (Å²) in [7, 11) is 2.64. The highest BCUT2D eigenvalue weighted by atomic mass is 19.3. The van der Waals surface area contributed by atoms with Gasteiger partial charge >= 0.3 is 6.05 Å². The summed E-state index contributed by atoms with van der Waals surface area (Å²) in [4.78, 5) is 60.0. The highest BCUT2D eigenvalue weighted by molar-refractivity contribution is 5.99. The number of carbonyl (C=O) groups excluding carboxylic acids is 4. The first-order valence-corrected chi connectivity index (χ1v) is 19.1. The van der Waals surface area contributed by atoms with Crippen molar-refractivity contribution in [2.24, 2.45) is 35.5 Å². The molecule has 4 aromatic heterocycles. The molecular weight excluding hydrogens is 808 g/mol. The van der Waals surface area contributed by atoms with Crippen LogP contribution in [0, 0.1) is 13.8 Å². The quantitative estimate of drug-likeness (QED) is 0.103. The molecule has 0 aliphatic rings. The van der Waals surface area contributed by atoms with Gasteiger partial charge in [0.15, 0.2) is 6.17 Å². The van der Waals surface area contributed by atoms with Crippen LogP contribution in [0.4, 0.5) is 17.6 Å². The molecule has 0 radical (unpaired) electrons. The predicted molar refractivity (Wildman–Crippen MR) is 211 cm³/mol. The highest BCUT2D eigenvalue weighted by Crippen LogP contribution is 2.35. The number of hydrogen-bond donors (Lipinski definition) is 3. The summed E-state index contributed by atoms with van der Waals surface area (Å²) in [6, 6.07) is 3.84. The number of imidazole rings is 2. The minimum atomic E-state index is -4.81. The number of primary amides is 2. The van der Waals surface area contributed by atoms with Gasteiger partial charge in [-0.05, 0) is 70.2 Å². The van der Waals surface area contributed by atoms with Crippen LogP contribution in [0.5, 0.6) is 5.75 Å². The van der Waals surface area contributed by atoms with Crippen LogP contribution in [0.2, 0.25) is 0 Å². The maximum atomic E-state index is 17.0. The van der Waals surface area contributed by atoms with Gasteiger partial charge in [0.2, 0.25) is 29.2 Å². The number of nitrogens with zero attached hydrogens (tertiary/aromatic N) is 10. The van der Waals surface area contributed by atoms with Crippen molar-refractivity contribution in [2.45, 2.75) is 72.1 Å². The summed E-state index contributed by atoms with van der Waals surface area (Å²) in [5.41, 5.74) is 10.1. The molecule has 0 fully saturated rings. The first-order valence-electron chi connectivity index (χ1n) is 19.1. The van der Waals surface area contributed by atoms with E-state index in [1.807, 2.05) is 0 Å². The number of hydrogen-bond acceptors (Lipinski definition) is 8. The first kappa shape index (κ1) is 43.7. The van der Waals surface area contributed by atoms with E-state index >= 15 is 17.6 Å². The fourth-order valence-corrected chi connectivity index (χ4v) is 7.06. The zero-order valence-electron chi connectivity index (χ0n) is 34.1. The number of ether oxygens (including phenoxy) is 1. The van der Waals surface area contributed by atoms with E-state index in [1.165, 1.54) is 52.3 Å². The van der Waals surface area contributed by atoms with E-state index in [9.17, 15) is 24.3 Å². The van der Waals surface area contributed by atoms with Gasteiger partial charge in [-0.25, -0.2) is 13.3 Å². The van der Waals surface area contributed by atoms with Crippen LogP contribution in [0.15, 0.2) is 52.4 Å². The number of nitrogens with two attached hydrogens (primary N) is 2. The molecule has 0 aliphatic carbocycles. The fraction of sp³-hybridized carbons (Fsp3) is 0.385. The summed E-state index contributed by atoms with van der Waals surface area (Å²) < 4.78 is 79.3. The monoisotopic (exact) mass is 852 g/mol. The van der Waals surface area contributed by atoms with Gasteiger partial charge < -0.3 is 35.0 Å². The lowest BCUT2D eigenvalue weighted by Crippen LogP contribution is -2.47. The highest BCUT2D eigenvalue weighted by Gasteiger charge is 2.50. The van der Waals surface area contributed by atoms with E-state index < -0.39 is 59.7 Å². The van der Waals surface area contributed by atoms with Crippen molar-refractivity contribution in [3.63, 3.8) is 0 Å². The van der Waals surface area contributed by atoms with E-state index in [0.717, 1.165) is 27.3 Å². The minimum Gasteiger partial charge on any atom is -0.491 e. The molecule has 6 aromatic rings. The molecule has 18 nitrogen and oxygen atoms in total. The molecule has 0 bridgehead atoms. The summed E-state index contributed by atoms with van der Waals surface area (Å²) in [5, 5.41) is 17.9. The van der Waals surface area contributed by atoms with E-state index in [0.29, 0.717) is 11.4 Å². The van der Waals surface area contributed by atoms with Gasteiger partial charge in [-0.15, -0.1) is 0 Å². The van der Waals surface area contributed by atoms with Gasteiger partial charge in [0.25, 0.3) is 11.8 Å². The lowest BCUT2D eigenvalue weighted by atomic mass is 10.1. The van der Waals surface area contributed by atoms with Gasteiger partial charge in [-0.3, -0.25) is 28.5 Å². The summed E-state index contributed by atoms with van der Waals surface area (Å²) >= 11 is 0. The second kappa shape index (κ2) is 17.0.